The number of nitrogens with one attached hydrogen (secondary N) is 1. The SMILES string of the molecule is CCOC(=O)[C@H](C)Nc1ccc2ccccc2c1O. The van der Waals surface area contributed by atoms with E-state index < -0.39 is 6.04 Å². The van der Waals surface area contributed by atoms with Crippen molar-refractivity contribution >= 4 is 22.4 Å². The van der Waals surface area contributed by atoms with Crippen molar-refractivity contribution in [3.8, 4) is 5.75 Å². The van der Waals surface area contributed by atoms with Crippen LogP contribution in [-0.4, -0.2) is 23.7 Å². The van der Waals surface area contributed by atoms with E-state index in [1.54, 1.807) is 19.9 Å². The molecule has 0 unspecified atom stereocenters. The lowest BCUT2D eigenvalue weighted by atomic mass is 10.1. The monoisotopic (exact) mass is 259 g/mol. The lowest BCUT2D eigenvalue weighted by Gasteiger charge is -2.15. The number of phenols is 1. The maximum absolute atomic E-state index is 11.6. The fourth-order valence-corrected chi connectivity index (χ4v) is 1.93. The number of ether oxygens (including phenoxy) is 1. The zero-order chi connectivity index (χ0) is 13.8. The van der Waals surface area contributed by atoms with E-state index in [1.807, 2.05) is 30.3 Å². The molecule has 0 aliphatic heterocycles. The van der Waals surface area contributed by atoms with Gasteiger partial charge in [0.05, 0.1) is 12.3 Å². The molecule has 0 bridgehead atoms. The normalized spacial score (nSPS) is 12.1. The van der Waals surface area contributed by atoms with Gasteiger partial charge in [-0.1, -0.05) is 30.3 Å². The summed E-state index contributed by atoms with van der Waals surface area (Å²) in [5.74, 6) is -0.190. The highest BCUT2D eigenvalue weighted by Gasteiger charge is 2.15. The van der Waals surface area contributed by atoms with Crippen molar-refractivity contribution in [1.29, 1.82) is 0 Å². The molecule has 0 fully saturated rings. The second-order valence-corrected chi connectivity index (χ2v) is 4.30. The minimum Gasteiger partial charge on any atom is -0.505 e. The van der Waals surface area contributed by atoms with E-state index in [4.69, 9.17) is 4.74 Å². The Bertz CT molecular complexity index is 595. The summed E-state index contributed by atoms with van der Waals surface area (Å²) in [6.07, 6.45) is 0. The first-order valence-corrected chi connectivity index (χ1v) is 6.27. The van der Waals surface area contributed by atoms with Crippen LogP contribution in [0.2, 0.25) is 0 Å². The van der Waals surface area contributed by atoms with Gasteiger partial charge in [-0.05, 0) is 25.3 Å². The lowest BCUT2D eigenvalue weighted by molar-refractivity contribution is -0.143. The third-order valence-corrected chi connectivity index (χ3v) is 2.91. The number of carbonyl (C=O) groups is 1. The summed E-state index contributed by atoms with van der Waals surface area (Å²) in [5.41, 5.74) is 0.527. The van der Waals surface area contributed by atoms with Gasteiger partial charge in [0.2, 0.25) is 0 Å². The standard InChI is InChI=1S/C15H17NO3/c1-3-19-15(18)10(2)16-13-9-8-11-6-4-5-7-12(11)14(13)17/h4-10,16-17H,3H2,1-2H3/t10-/m0/s1. The van der Waals surface area contributed by atoms with Crippen LogP contribution in [-0.2, 0) is 9.53 Å². The van der Waals surface area contributed by atoms with Gasteiger partial charge < -0.3 is 15.2 Å². The largest absolute Gasteiger partial charge is 0.505 e. The second kappa shape index (κ2) is 5.61. The van der Waals surface area contributed by atoms with Crippen molar-refractivity contribution in [3.63, 3.8) is 0 Å². The van der Waals surface area contributed by atoms with Gasteiger partial charge in [0.1, 0.15) is 11.8 Å². The topological polar surface area (TPSA) is 58.6 Å². The fraction of sp³-hybridized carbons (Fsp3) is 0.267. The van der Waals surface area contributed by atoms with Gasteiger partial charge in [-0.3, -0.25) is 0 Å². The molecule has 0 saturated carbocycles. The summed E-state index contributed by atoms with van der Waals surface area (Å²) < 4.78 is 4.92. The molecule has 2 aromatic rings. The highest BCUT2D eigenvalue weighted by atomic mass is 16.5. The first-order chi connectivity index (χ1) is 9.13. The Kier molecular flexibility index (Phi) is 3.90. The predicted octanol–water partition coefficient (Wildman–Crippen LogP) is 2.91. The average Bonchev–Trinajstić information content (AvgIpc) is 2.42. The number of esters is 1. The first kappa shape index (κ1) is 13.2. The van der Waals surface area contributed by atoms with Gasteiger partial charge in [-0.25, -0.2) is 4.79 Å². The molecule has 0 aliphatic rings. The van der Waals surface area contributed by atoms with Crippen molar-refractivity contribution in [2.24, 2.45) is 0 Å². The molecule has 0 aliphatic carbocycles. The van der Waals surface area contributed by atoms with Crippen LogP contribution in [0.25, 0.3) is 10.8 Å². The van der Waals surface area contributed by atoms with E-state index in [1.165, 1.54) is 0 Å². The maximum Gasteiger partial charge on any atom is 0.328 e. The fourth-order valence-electron chi connectivity index (χ4n) is 1.93. The minimum atomic E-state index is -0.507. The van der Waals surface area contributed by atoms with Crippen LogP contribution in [0.3, 0.4) is 0 Å². The first-order valence-electron chi connectivity index (χ1n) is 6.27. The molecule has 4 heteroatoms. The van der Waals surface area contributed by atoms with Crippen LogP contribution >= 0.6 is 0 Å². The average molecular weight is 259 g/mol. The molecule has 4 nitrogen and oxygen atoms in total. The highest BCUT2D eigenvalue weighted by molar-refractivity contribution is 5.93. The summed E-state index contributed by atoms with van der Waals surface area (Å²) in [4.78, 5) is 11.6. The molecular formula is C15H17NO3. The summed E-state index contributed by atoms with van der Waals surface area (Å²) in [6, 6.07) is 10.7. The van der Waals surface area contributed by atoms with Crippen LogP contribution in [0.4, 0.5) is 5.69 Å². The molecule has 0 radical (unpaired) electrons. The van der Waals surface area contributed by atoms with Crippen molar-refractivity contribution in [1.82, 2.24) is 0 Å². The van der Waals surface area contributed by atoms with Gasteiger partial charge in [0.15, 0.2) is 0 Å². The maximum atomic E-state index is 11.6. The highest BCUT2D eigenvalue weighted by Crippen LogP contribution is 2.32. The third-order valence-electron chi connectivity index (χ3n) is 2.91. The van der Waals surface area contributed by atoms with E-state index in [0.29, 0.717) is 12.3 Å². The number of anilines is 1. The molecule has 0 heterocycles. The number of fused-ring (bicyclic) bond motifs is 1. The summed E-state index contributed by atoms with van der Waals surface area (Å²) in [7, 11) is 0. The van der Waals surface area contributed by atoms with E-state index >= 15 is 0 Å². The predicted molar refractivity (Wildman–Crippen MR) is 75.3 cm³/mol. The molecule has 2 aromatic carbocycles. The Morgan fingerprint density at radius 2 is 2.05 bits per heavy atom. The summed E-state index contributed by atoms with van der Waals surface area (Å²) >= 11 is 0. The van der Waals surface area contributed by atoms with E-state index in [2.05, 4.69) is 5.32 Å². The molecule has 0 saturated heterocycles. The van der Waals surface area contributed by atoms with Crippen molar-refractivity contribution in [2.45, 2.75) is 19.9 Å². The number of aromatic hydroxyl groups is 1. The van der Waals surface area contributed by atoms with Gasteiger partial charge in [0, 0.05) is 5.39 Å². The molecule has 0 amide bonds. The van der Waals surface area contributed by atoms with Crippen molar-refractivity contribution in [2.75, 3.05) is 11.9 Å². The quantitative estimate of drug-likeness (QED) is 0.654. The van der Waals surface area contributed by atoms with Gasteiger partial charge >= 0.3 is 5.97 Å². The molecular weight excluding hydrogens is 242 g/mol. The number of carbonyl (C=O) groups excluding carboxylic acids is 1. The zero-order valence-electron chi connectivity index (χ0n) is 11.0. The van der Waals surface area contributed by atoms with Crippen molar-refractivity contribution in [3.05, 3.63) is 36.4 Å². The number of hydrogen-bond acceptors (Lipinski definition) is 4. The number of benzene rings is 2. The Labute approximate surface area is 112 Å². The van der Waals surface area contributed by atoms with Gasteiger partial charge in [-0.15, -0.1) is 0 Å². The van der Waals surface area contributed by atoms with E-state index in [0.717, 1.165) is 10.8 Å². The van der Waals surface area contributed by atoms with Gasteiger partial charge in [-0.2, -0.15) is 0 Å². The summed E-state index contributed by atoms with van der Waals surface area (Å²) in [6.45, 7) is 3.80. The van der Waals surface area contributed by atoms with Crippen LogP contribution in [0.15, 0.2) is 36.4 Å². The number of rotatable bonds is 4. The number of hydrogen-bond donors (Lipinski definition) is 2. The van der Waals surface area contributed by atoms with Gasteiger partial charge in [0.25, 0.3) is 0 Å². The molecule has 1 atom stereocenters. The Hall–Kier alpha value is -2.23. The van der Waals surface area contributed by atoms with Crippen LogP contribution in [0, 0.1) is 0 Å². The number of phenolic OH excluding ortho intramolecular Hbond substituents is 1. The zero-order valence-corrected chi connectivity index (χ0v) is 11.0. The third kappa shape index (κ3) is 2.78. The van der Waals surface area contributed by atoms with Crippen molar-refractivity contribution < 1.29 is 14.6 Å². The van der Waals surface area contributed by atoms with E-state index in [9.17, 15) is 9.90 Å². The molecule has 100 valence electrons. The van der Waals surface area contributed by atoms with Crippen LogP contribution in [0.5, 0.6) is 5.75 Å². The molecule has 2 N–H and O–H groups in total. The summed E-state index contributed by atoms with van der Waals surface area (Å²) in [5, 5.41) is 14.9. The molecule has 19 heavy (non-hydrogen) atoms. The lowest BCUT2D eigenvalue weighted by Crippen LogP contribution is -2.28. The Morgan fingerprint density at radius 1 is 1.32 bits per heavy atom. The van der Waals surface area contributed by atoms with Crippen LogP contribution in [0.1, 0.15) is 13.8 Å². The smallest absolute Gasteiger partial charge is 0.328 e. The van der Waals surface area contributed by atoms with E-state index in [-0.39, 0.29) is 11.7 Å². The molecule has 0 spiro atoms. The Morgan fingerprint density at radius 3 is 2.79 bits per heavy atom. The van der Waals surface area contributed by atoms with Crippen LogP contribution < -0.4 is 5.32 Å². The minimum absolute atomic E-state index is 0.147. The molecule has 2 rings (SSSR count). The Balaban J connectivity index is 2.26. The second-order valence-electron chi connectivity index (χ2n) is 4.30. The molecule has 0 aromatic heterocycles.